The van der Waals surface area contributed by atoms with Crippen molar-refractivity contribution in [3.05, 3.63) is 0 Å². The van der Waals surface area contributed by atoms with Crippen LogP contribution in [0.2, 0.25) is 0 Å². The van der Waals surface area contributed by atoms with Crippen LogP contribution >= 0.6 is 0 Å². The van der Waals surface area contributed by atoms with E-state index >= 15 is 0 Å². The zero-order valence-corrected chi connectivity index (χ0v) is 11.6. The largest absolute Gasteiger partial charge is 0.380 e. The van der Waals surface area contributed by atoms with Gasteiger partial charge in [0.25, 0.3) is 0 Å². The standard InChI is InChI=1S/C13H28N2O2/c1-4-6-8-15-13(16)12(3)14-9-11-17-10-7-5-2/h12,14H,4-11H2,1-3H3,(H,15,16). The van der Waals surface area contributed by atoms with Crippen LogP contribution in [0.1, 0.15) is 46.5 Å². The molecular weight excluding hydrogens is 216 g/mol. The zero-order valence-electron chi connectivity index (χ0n) is 11.6. The van der Waals surface area contributed by atoms with E-state index in [-0.39, 0.29) is 11.9 Å². The molecule has 4 heteroatoms. The lowest BCUT2D eigenvalue weighted by Gasteiger charge is -2.13. The van der Waals surface area contributed by atoms with Crippen molar-refractivity contribution in [3.63, 3.8) is 0 Å². The molecule has 0 aromatic rings. The van der Waals surface area contributed by atoms with Gasteiger partial charge in [-0.15, -0.1) is 0 Å². The van der Waals surface area contributed by atoms with Crippen LogP contribution in [0.15, 0.2) is 0 Å². The highest BCUT2D eigenvalue weighted by Crippen LogP contribution is 1.88. The van der Waals surface area contributed by atoms with Crippen molar-refractivity contribution in [2.24, 2.45) is 0 Å². The van der Waals surface area contributed by atoms with Crippen molar-refractivity contribution in [1.29, 1.82) is 0 Å². The van der Waals surface area contributed by atoms with Crippen molar-refractivity contribution in [2.45, 2.75) is 52.5 Å². The lowest BCUT2D eigenvalue weighted by atomic mass is 10.3. The van der Waals surface area contributed by atoms with Crippen molar-refractivity contribution < 1.29 is 9.53 Å². The first-order valence-electron chi connectivity index (χ1n) is 6.81. The van der Waals surface area contributed by atoms with Gasteiger partial charge in [-0.1, -0.05) is 26.7 Å². The van der Waals surface area contributed by atoms with Crippen LogP contribution in [-0.4, -0.2) is 38.3 Å². The number of amides is 1. The minimum Gasteiger partial charge on any atom is -0.380 e. The van der Waals surface area contributed by atoms with Crippen LogP contribution in [-0.2, 0) is 9.53 Å². The Morgan fingerprint density at radius 1 is 1.12 bits per heavy atom. The fourth-order valence-electron chi connectivity index (χ4n) is 1.33. The van der Waals surface area contributed by atoms with E-state index in [1.807, 2.05) is 6.92 Å². The van der Waals surface area contributed by atoms with E-state index in [0.717, 1.165) is 45.4 Å². The molecule has 0 aromatic heterocycles. The fraction of sp³-hybridized carbons (Fsp3) is 0.923. The van der Waals surface area contributed by atoms with Gasteiger partial charge in [0.1, 0.15) is 0 Å². The third-order valence-corrected chi connectivity index (χ3v) is 2.56. The Kier molecular flexibility index (Phi) is 11.4. The minimum atomic E-state index is -0.137. The molecule has 17 heavy (non-hydrogen) atoms. The maximum Gasteiger partial charge on any atom is 0.236 e. The predicted octanol–water partition coefficient (Wildman–Crippen LogP) is 1.70. The molecule has 0 aliphatic carbocycles. The van der Waals surface area contributed by atoms with E-state index in [1.54, 1.807) is 0 Å². The predicted molar refractivity (Wildman–Crippen MR) is 71.1 cm³/mol. The van der Waals surface area contributed by atoms with Crippen molar-refractivity contribution >= 4 is 5.91 Å². The summed E-state index contributed by atoms with van der Waals surface area (Å²) in [6, 6.07) is -0.137. The first-order chi connectivity index (χ1) is 8.22. The summed E-state index contributed by atoms with van der Waals surface area (Å²) in [5.41, 5.74) is 0. The Morgan fingerprint density at radius 3 is 2.47 bits per heavy atom. The fourth-order valence-corrected chi connectivity index (χ4v) is 1.33. The number of unbranched alkanes of at least 4 members (excludes halogenated alkanes) is 2. The van der Waals surface area contributed by atoms with Gasteiger partial charge in [-0.2, -0.15) is 0 Å². The molecule has 0 bridgehead atoms. The molecule has 0 saturated heterocycles. The third kappa shape index (κ3) is 10.3. The topological polar surface area (TPSA) is 50.4 Å². The van der Waals surface area contributed by atoms with Crippen molar-refractivity contribution in [3.8, 4) is 0 Å². The van der Waals surface area contributed by atoms with E-state index in [2.05, 4.69) is 24.5 Å². The highest BCUT2D eigenvalue weighted by atomic mass is 16.5. The molecule has 0 rings (SSSR count). The molecule has 1 amide bonds. The second-order valence-electron chi connectivity index (χ2n) is 4.29. The molecule has 1 atom stereocenters. The number of carbonyl (C=O) groups excluding carboxylic acids is 1. The molecule has 4 nitrogen and oxygen atoms in total. The highest BCUT2D eigenvalue weighted by Gasteiger charge is 2.10. The first kappa shape index (κ1) is 16.4. The Morgan fingerprint density at radius 2 is 1.82 bits per heavy atom. The van der Waals surface area contributed by atoms with Gasteiger partial charge in [-0.25, -0.2) is 0 Å². The monoisotopic (exact) mass is 244 g/mol. The number of nitrogens with one attached hydrogen (secondary N) is 2. The Bertz CT molecular complexity index is 186. The van der Waals surface area contributed by atoms with E-state index in [1.165, 1.54) is 0 Å². The van der Waals surface area contributed by atoms with Gasteiger partial charge in [0, 0.05) is 19.7 Å². The number of carbonyl (C=O) groups is 1. The third-order valence-electron chi connectivity index (χ3n) is 2.56. The van der Waals surface area contributed by atoms with Crippen LogP contribution in [0.4, 0.5) is 0 Å². The highest BCUT2D eigenvalue weighted by molar-refractivity contribution is 5.81. The van der Waals surface area contributed by atoms with Crippen LogP contribution in [0.5, 0.6) is 0 Å². The van der Waals surface area contributed by atoms with Gasteiger partial charge in [0.15, 0.2) is 0 Å². The van der Waals surface area contributed by atoms with Gasteiger partial charge in [0.2, 0.25) is 5.91 Å². The first-order valence-corrected chi connectivity index (χ1v) is 6.81. The Hall–Kier alpha value is -0.610. The smallest absolute Gasteiger partial charge is 0.236 e. The lowest BCUT2D eigenvalue weighted by molar-refractivity contribution is -0.122. The maximum atomic E-state index is 11.6. The molecule has 102 valence electrons. The molecule has 0 saturated carbocycles. The number of hydrogen-bond acceptors (Lipinski definition) is 3. The zero-order chi connectivity index (χ0) is 12.9. The summed E-state index contributed by atoms with van der Waals surface area (Å²) < 4.78 is 5.41. The van der Waals surface area contributed by atoms with Gasteiger partial charge < -0.3 is 15.4 Å². The average Bonchev–Trinajstić information content (AvgIpc) is 2.33. The van der Waals surface area contributed by atoms with Crippen molar-refractivity contribution in [2.75, 3.05) is 26.3 Å². The second kappa shape index (κ2) is 11.9. The number of ether oxygens (including phenoxy) is 1. The van der Waals surface area contributed by atoms with E-state index in [9.17, 15) is 4.79 Å². The minimum absolute atomic E-state index is 0.0759. The van der Waals surface area contributed by atoms with Crippen LogP contribution in [0.3, 0.4) is 0 Å². The van der Waals surface area contributed by atoms with Gasteiger partial charge in [-0.05, 0) is 19.8 Å². The van der Waals surface area contributed by atoms with E-state index < -0.39 is 0 Å². The summed E-state index contributed by atoms with van der Waals surface area (Å²) in [6.45, 7) is 9.13. The molecule has 1 unspecified atom stereocenters. The normalized spacial score (nSPS) is 12.4. The van der Waals surface area contributed by atoms with Crippen LogP contribution < -0.4 is 10.6 Å². The maximum absolute atomic E-state index is 11.6. The molecule has 2 N–H and O–H groups in total. The molecule has 0 aliphatic heterocycles. The second-order valence-corrected chi connectivity index (χ2v) is 4.29. The Labute approximate surface area is 105 Å². The quantitative estimate of drug-likeness (QED) is 0.544. The lowest BCUT2D eigenvalue weighted by Crippen LogP contribution is -2.43. The number of rotatable bonds is 11. The summed E-state index contributed by atoms with van der Waals surface area (Å²) in [6.07, 6.45) is 4.41. The molecule has 0 radical (unpaired) electrons. The van der Waals surface area contributed by atoms with Gasteiger partial charge >= 0.3 is 0 Å². The number of hydrogen-bond donors (Lipinski definition) is 2. The molecule has 0 fully saturated rings. The molecule has 0 aromatic carbocycles. The average molecular weight is 244 g/mol. The molecular formula is C13H28N2O2. The molecule has 0 aliphatic rings. The van der Waals surface area contributed by atoms with Crippen LogP contribution in [0.25, 0.3) is 0 Å². The van der Waals surface area contributed by atoms with E-state index in [0.29, 0.717) is 6.61 Å². The summed E-state index contributed by atoms with van der Waals surface area (Å²) in [4.78, 5) is 11.6. The van der Waals surface area contributed by atoms with Gasteiger partial charge in [0.05, 0.1) is 12.6 Å². The van der Waals surface area contributed by atoms with Crippen molar-refractivity contribution in [1.82, 2.24) is 10.6 Å². The van der Waals surface area contributed by atoms with Gasteiger partial charge in [-0.3, -0.25) is 4.79 Å². The molecule has 0 spiro atoms. The van der Waals surface area contributed by atoms with E-state index in [4.69, 9.17) is 4.74 Å². The summed E-state index contributed by atoms with van der Waals surface area (Å²) in [5, 5.41) is 6.05. The summed E-state index contributed by atoms with van der Waals surface area (Å²) in [7, 11) is 0. The molecule has 0 heterocycles. The summed E-state index contributed by atoms with van der Waals surface area (Å²) in [5.74, 6) is 0.0759. The Balaban J connectivity index is 3.37. The van der Waals surface area contributed by atoms with Crippen LogP contribution in [0, 0.1) is 0 Å². The summed E-state index contributed by atoms with van der Waals surface area (Å²) >= 11 is 0. The SMILES string of the molecule is CCCCNC(=O)C(C)NCCOCCCC.